The van der Waals surface area contributed by atoms with Crippen molar-refractivity contribution in [2.24, 2.45) is 0 Å². The van der Waals surface area contributed by atoms with Crippen LogP contribution in [0.5, 0.6) is 5.75 Å². The molecule has 3 aromatic carbocycles. The van der Waals surface area contributed by atoms with Crippen LogP contribution in [0.15, 0.2) is 78.9 Å². The fourth-order valence-electron chi connectivity index (χ4n) is 3.59. The minimum atomic E-state index is -0.618. The van der Waals surface area contributed by atoms with Crippen LogP contribution >= 0.6 is 0 Å². The molecule has 0 aliphatic carbocycles. The Labute approximate surface area is 194 Å². The second-order valence-electron chi connectivity index (χ2n) is 7.89. The molecule has 0 amide bonds. The van der Waals surface area contributed by atoms with Crippen LogP contribution < -0.4 is 4.74 Å². The molecule has 1 nitrogen and oxygen atoms in total. The van der Waals surface area contributed by atoms with Crippen LogP contribution in [-0.2, 0) is 19.4 Å². The summed E-state index contributed by atoms with van der Waals surface area (Å²) >= 11 is 0. The van der Waals surface area contributed by atoms with Crippen LogP contribution in [0.4, 0.5) is 13.2 Å². The van der Waals surface area contributed by atoms with E-state index in [1.807, 2.05) is 50.3 Å². The Morgan fingerprint density at radius 1 is 0.697 bits per heavy atom. The maximum Gasteiger partial charge on any atom is 0.165 e. The fourth-order valence-corrected chi connectivity index (χ4v) is 3.59. The SMILES string of the molecule is C/C=C/CCc1ccc(COc2ccc(-c3ccc(CC/C=C/C)cc3F)cc2F)c(F)c1. The Morgan fingerprint density at radius 2 is 1.33 bits per heavy atom. The molecule has 0 atom stereocenters. The average Bonchev–Trinajstić information content (AvgIpc) is 2.80. The summed E-state index contributed by atoms with van der Waals surface area (Å²) in [7, 11) is 0. The second-order valence-corrected chi connectivity index (χ2v) is 7.89. The summed E-state index contributed by atoms with van der Waals surface area (Å²) < 4.78 is 49.1. The summed E-state index contributed by atoms with van der Waals surface area (Å²) in [5, 5.41) is 0. The molecule has 0 saturated carbocycles. The first-order chi connectivity index (χ1) is 16.0. The van der Waals surface area contributed by atoms with Crippen molar-refractivity contribution in [2.45, 2.75) is 46.1 Å². The third-order valence-corrected chi connectivity index (χ3v) is 5.45. The second kappa shape index (κ2) is 12.1. The first-order valence-corrected chi connectivity index (χ1v) is 11.2. The van der Waals surface area contributed by atoms with E-state index < -0.39 is 11.6 Å². The summed E-state index contributed by atoms with van der Waals surface area (Å²) in [4.78, 5) is 0. The molecule has 4 heteroatoms. The maximum absolute atomic E-state index is 14.6. The molecule has 172 valence electrons. The fraction of sp³-hybridized carbons (Fsp3) is 0.241. The summed E-state index contributed by atoms with van der Waals surface area (Å²) in [6.07, 6.45) is 11.2. The van der Waals surface area contributed by atoms with Gasteiger partial charge in [-0.05, 0) is 80.5 Å². The van der Waals surface area contributed by atoms with Crippen LogP contribution in [-0.4, -0.2) is 0 Å². The molecule has 0 unspecified atom stereocenters. The first kappa shape index (κ1) is 24.4. The first-order valence-electron chi connectivity index (χ1n) is 11.2. The highest BCUT2D eigenvalue weighted by atomic mass is 19.1. The summed E-state index contributed by atoms with van der Waals surface area (Å²) in [5.41, 5.74) is 2.90. The van der Waals surface area contributed by atoms with Gasteiger partial charge in [-0.25, -0.2) is 13.2 Å². The third-order valence-electron chi connectivity index (χ3n) is 5.45. The van der Waals surface area contributed by atoms with Crippen molar-refractivity contribution in [3.8, 4) is 16.9 Å². The predicted molar refractivity (Wildman–Crippen MR) is 129 cm³/mol. The molecule has 0 fully saturated rings. The van der Waals surface area contributed by atoms with Crippen LogP contribution in [0, 0.1) is 17.5 Å². The zero-order valence-electron chi connectivity index (χ0n) is 19.1. The van der Waals surface area contributed by atoms with Gasteiger partial charge in [0.05, 0.1) is 0 Å². The smallest absolute Gasteiger partial charge is 0.165 e. The van der Waals surface area contributed by atoms with Gasteiger partial charge in [0.25, 0.3) is 0 Å². The molecule has 0 N–H and O–H groups in total. The van der Waals surface area contributed by atoms with Crippen molar-refractivity contribution < 1.29 is 17.9 Å². The minimum Gasteiger partial charge on any atom is -0.486 e. The highest BCUT2D eigenvalue weighted by Gasteiger charge is 2.12. The van der Waals surface area contributed by atoms with Gasteiger partial charge in [0.2, 0.25) is 0 Å². The van der Waals surface area contributed by atoms with E-state index in [-0.39, 0.29) is 18.2 Å². The molecule has 0 bridgehead atoms. The van der Waals surface area contributed by atoms with Crippen molar-refractivity contribution in [3.05, 3.63) is 113 Å². The van der Waals surface area contributed by atoms with E-state index >= 15 is 0 Å². The Balaban J connectivity index is 1.66. The number of aryl methyl sites for hydroxylation is 2. The number of benzene rings is 3. The molecular formula is C29H29F3O. The Hall–Kier alpha value is -3.27. The highest BCUT2D eigenvalue weighted by Crippen LogP contribution is 2.29. The van der Waals surface area contributed by atoms with Crippen molar-refractivity contribution in [2.75, 3.05) is 0 Å². The lowest BCUT2D eigenvalue weighted by molar-refractivity contribution is 0.285. The number of hydrogen-bond acceptors (Lipinski definition) is 1. The number of ether oxygens (including phenoxy) is 1. The molecule has 0 aliphatic heterocycles. The van der Waals surface area contributed by atoms with Crippen LogP contribution in [0.25, 0.3) is 11.1 Å². The van der Waals surface area contributed by atoms with E-state index in [4.69, 9.17) is 4.74 Å². The largest absolute Gasteiger partial charge is 0.486 e. The summed E-state index contributed by atoms with van der Waals surface area (Å²) in [6, 6.07) is 14.3. The molecule has 33 heavy (non-hydrogen) atoms. The molecule has 0 aliphatic rings. The zero-order valence-corrected chi connectivity index (χ0v) is 19.1. The topological polar surface area (TPSA) is 9.23 Å². The lowest BCUT2D eigenvalue weighted by Gasteiger charge is -2.11. The highest BCUT2D eigenvalue weighted by molar-refractivity contribution is 5.65. The van der Waals surface area contributed by atoms with Gasteiger partial charge in [-0.3, -0.25) is 0 Å². The van der Waals surface area contributed by atoms with Crippen LogP contribution in [0.2, 0.25) is 0 Å². The van der Waals surface area contributed by atoms with Gasteiger partial charge >= 0.3 is 0 Å². The molecule has 0 spiro atoms. The van der Waals surface area contributed by atoms with E-state index in [2.05, 4.69) is 0 Å². The Kier molecular flexibility index (Phi) is 8.94. The van der Waals surface area contributed by atoms with Crippen LogP contribution in [0.3, 0.4) is 0 Å². The number of hydrogen-bond donors (Lipinski definition) is 0. The molecular weight excluding hydrogens is 421 g/mol. The van der Waals surface area contributed by atoms with Gasteiger partial charge in [0, 0.05) is 11.1 Å². The standard InChI is InChI=1S/C29H29F3O/c1-3-5-7-9-21-11-13-24(26(30)17-21)20-33-29-16-14-23(19-28(29)32)25-15-12-22(18-27(25)31)10-8-6-4-2/h3-6,11-19H,7-10,20H2,1-2H3/b5-3+,6-4+. The van der Waals surface area contributed by atoms with Crippen molar-refractivity contribution >= 4 is 0 Å². The Bertz CT molecular complexity index is 1130. The van der Waals surface area contributed by atoms with Crippen molar-refractivity contribution in [1.29, 1.82) is 0 Å². The van der Waals surface area contributed by atoms with Gasteiger partial charge < -0.3 is 4.74 Å². The zero-order chi connectivity index (χ0) is 23.6. The summed E-state index contributed by atoms with van der Waals surface area (Å²) in [5.74, 6) is -1.38. The number of allylic oxidation sites excluding steroid dienone is 4. The van der Waals surface area contributed by atoms with Gasteiger partial charge in [-0.1, -0.05) is 54.6 Å². The predicted octanol–water partition coefficient (Wildman–Crippen LogP) is 8.37. The number of halogens is 3. The lowest BCUT2D eigenvalue weighted by atomic mass is 10.0. The molecule has 0 radical (unpaired) electrons. The Morgan fingerprint density at radius 3 is 1.91 bits per heavy atom. The van der Waals surface area contributed by atoms with E-state index in [1.54, 1.807) is 18.2 Å². The van der Waals surface area contributed by atoms with E-state index in [0.717, 1.165) is 36.8 Å². The van der Waals surface area contributed by atoms with E-state index in [9.17, 15) is 13.2 Å². The van der Waals surface area contributed by atoms with Gasteiger partial charge in [-0.15, -0.1) is 0 Å². The van der Waals surface area contributed by atoms with Crippen molar-refractivity contribution in [1.82, 2.24) is 0 Å². The maximum atomic E-state index is 14.6. The molecule has 0 saturated heterocycles. The molecule has 0 heterocycles. The minimum absolute atomic E-state index is 0.00121. The van der Waals surface area contributed by atoms with E-state index in [0.29, 0.717) is 16.7 Å². The third kappa shape index (κ3) is 6.85. The average molecular weight is 451 g/mol. The van der Waals surface area contributed by atoms with Gasteiger partial charge in [0.15, 0.2) is 11.6 Å². The molecule has 0 aromatic heterocycles. The number of rotatable bonds is 10. The van der Waals surface area contributed by atoms with Crippen LogP contribution in [0.1, 0.15) is 43.4 Å². The van der Waals surface area contributed by atoms with E-state index in [1.165, 1.54) is 24.3 Å². The van der Waals surface area contributed by atoms with Gasteiger partial charge in [-0.2, -0.15) is 0 Å². The monoisotopic (exact) mass is 450 g/mol. The summed E-state index contributed by atoms with van der Waals surface area (Å²) in [6.45, 7) is 3.81. The molecule has 3 aromatic rings. The normalized spacial score (nSPS) is 11.5. The quantitative estimate of drug-likeness (QED) is 0.282. The van der Waals surface area contributed by atoms with Gasteiger partial charge in [0.1, 0.15) is 18.2 Å². The lowest BCUT2D eigenvalue weighted by Crippen LogP contribution is -2.01. The van der Waals surface area contributed by atoms with Crippen molar-refractivity contribution in [3.63, 3.8) is 0 Å². The molecule has 3 rings (SSSR count).